The van der Waals surface area contributed by atoms with Crippen molar-refractivity contribution in [2.75, 3.05) is 0 Å². The van der Waals surface area contributed by atoms with Crippen molar-refractivity contribution in [3.05, 3.63) is 58.7 Å². The molecule has 0 amide bonds. The maximum atomic E-state index is 12.3. The number of hydrogen-bond acceptors (Lipinski definition) is 5. The minimum atomic E-state index is -0.452. The maximum absolute atomic E-state index is 12.3. The third kappa shape index (κ3) is 2.61. The summed E-state index contributed by atoms with van der Waals surface area (Å²) >= 11 is 0. The molecule has 3 heterocycles. The van der Waals surface area contributed by atoms with Gasteiger partial charge in [-0.05, 0) is 31.5 Å². The molecule has 0 N–H and O–H groups in total. The topological polar surface area (TPSA) is 82.6 Å². The van der Waals surface area contributed by atoms with Crippen LogP contribution >= 0.6 is 0 Å². The number of rotatable bonds is 3. The molecule has 126 valence electrons. The van der Waals surface area contributed by atoms with Crippen LogP contribution in [0.2, 0.25) is 0 Å². The van der Waals surface area contributed by atoms with Crippen LogP contribution in [0.4, 0.5) is 0 Å². The lowest BCUT2D eigenvalue weighted by molar-refractivity contribution is -0.672. The highest BCUT2D eigenvalue weighted by molar-refractivity contribution is 5.80. The third-order valence-corrected chi connectivity index (χ3v) is 4.04. The molecule has 0 unspecified atom stereocenters. The van der Waals surface area contributed by atoms with E-state index in [0.29, 0.717) is 11.3 Å². The molecule has 1 aromatic carbocycles. The van der Waals surface area contributed by atoms with E-state index in [9.17, 15) is 4.79 Å². The Morgan fingerprint density at radius 2 is 2.08 bits per heavy atom. The Labute approximate surface area is 142 Å². The molecule has 25 heavy (non-hydrogen) atoms. The van der Waals surface area contributed by atoms with Gasteiger partial charge in [-0.1, -0.05) is 11.6 Å². The Morgan fingerprint density at radius 3 is 2.76 bits per heavy atom. The first-order chi connectivity index (χ1) is 12.0. The molecule has 4 aromatic rings. The van der Waals surface area contributed by atoms with Crippen molar-refractivity contribution in [3.8, 4) is 11.4 Å². The Kier molecular flexibility index (Phi) is 3.45. The van der Waals surface area contributed by atoms with Crippen LogP contribution in [0.5, 0.6) is 0 Å². The van der Waals surface area contributed by atoms with Crippen molar-refractivity contribution in [3.63, 3.8) is 0 Å². The van der Waals surface area contributed by atoms with Crippen LogP contribution in [0.3, 0.4) is 0 Å². The van der Waals surface area contributed by atoms with E-state index in [1.165, 1.54) is 4.68 Å². The van der Waals surface area contributed by atoms with E-state index in [1.807, 2.05) is 33.0 Å². The predicted octanol–water partition coefficient (Wildman–Crippen LogP) is 1.25. The largest absolute Gasteiger partial charge is 0.420 e. The Balaban J connectivity index is 1.83. The van der Waals surface area contributed by atoms with E-state index in [0.717, 1.165) is 28.9 Å². The van der Waals surface area contributed by atoms with Gasteiger partial charge >= 0.3 is 5.63 Å². The van der Waals surface area contributed by atoms with Crippen LogP contribution in [-0.4, -0.2) is 24.8 Å². The fraction of sp³-hybridized carbons (Fsp3) is 0.235. The molecule has 0 bridgehead atoms. The van der Waals surface area contributed by atoms with Gasteiger partial charge in [-0.2, -0.15) is 15.0 Å². The van der Waals surface area contributed by atoms with E-state index < -0.39 is 5.63 Å². The summed E-state index contributed by atoms with van der Waals surface area (Å²) in [7, 11) is 1.84. The summed E-state index contributed by atoms with van der Waals surface area (Å²) in [5.74, 6) is 0. The number of hydrogen-bond donors (Lipinski definition) is 0. The molecule has 0 radical (unpaired) electrons. The lowest BCUT2D eigenvalue weighted by atomic mass is 10.2. The summed E-state index contributed by atoms with van der Waals surface area (Å²) < 4.78 is 8.73. The third-order valence-electron chi connectivity index (χ3n) is 4.04. The van der Waals surface area contributed by atoms with Gasteiger partial charge in [0.05, 0.1) is 24.1 Å². The molecule has 8 heteroatoms. The van der Waals surface area contributed by atoms with Gasteiger partial charge in [0.15, 0.2) is 0 Å². The minimum absolute atomic E-state index is 0.363. The zero-order valence-corrected chi connectivity index (χ0v) is 14.2. The first kappa shape index (κ1) is 15.3. The summed E-state index contributed by atoms with van der Waals surface area (Å²) in [6.07, 6.45) is 4.14. The summed E-state index contributed by atoms with van der Waals surface area (Å²) in [5.41, 5.74) is 2.98. The van der Waals surface area contributed by atoms with Crippen molar-refractivity contribution in [1.82, 2.24) is 24.8 Å². The molecule has 8 nitrogen and oxygen atoms in total. The summed E-state index contributed by atoms with van der Waals surface area (Å²) in [6.45, 7) is 3.97. The van der Waals surface area contributed by atoms with Gasteiger partial charge in [0.2, 0.25) is 12.0 Å². The Bertz CT molecular complexity index is 1140. The standard InChI is InChI=1S/C17H17N6O2/c1-4-14-11(2)19-23(20-14)13-6-5-12-7-15(17(24)25-16(12)8-13)22-10-21(3)9-18-22/h5-10H,4H2,1-3H3/q+1. The zero-order chi connectivity index (χ0) is 17.6. The highest BCUT2D eigenvalue weighted by Gasteiger charge is 2.15. The Morgan fingerprint density at radius 1 is 1.24 bits per heavy atom. The first-order valence-corrected chi connectivity index (χ1v) is 7.96. The van der Waals surface area contributed by atoms with Gasteiger partial charge in [-0.25, -0.2) is 9.36 Å². The van der Waals surface area contributed by atoms with E-state index in [4.69, 9.17) is 4.42 Å². The highest BCUT2D eigenvalue weighted by Crippen LogP contribution is 2.19. The summed E-state index contributed by atoms with van der Waals surface area (Å²) in [6, 6.07) is 7.30. The predicted molar refractivity (Wildman–Crippen MR) is 89.8 cm³/mol. The van der Waals surface area contributed by atoms with Crippen LogP contribution in [0.25, 0.3) is 22.3 Å². The molecule has 0 aliphatic heterocycles. The fourth-order valence-corrected chi connectivity index (χ4v) is 2.72. The lowest BCUT2D eigenvalue weighted by Gasteiger charge is -2.02. The SMILES string of the molecule is CCc1nn(-c2ccc3cc(-n4c[n+](C)cn4)c(=O)oc3c2)nc1C. The van der Waals surface area contributed by atoms with Crippen molar-refractivity contribution in [2.45, 2.75) is 20.3 Å². The molecule has 0 spiro atoms. The van der Waals surface area contributed by atoms with Crippen LogP contribution in [0.15, 0.2) is 46.1 Å². The van der Waals surface area contributed by atoms with Crippen molar-refractivity contribution >= 4 is 11.0 Å². The molecule has 0 saturated heterocycles. The molecule has 4 rings (SSSR count). The van der Waals surface area contributed by atoms with E-state index in [1.54, 1.807) is 34.2 Å². The smallest absolute Gasteiger partial charge is 0.379 e. The van der Waals surface area contributed by atoms with Crippen LogP contribution in [0, 0.1) is 6.92 Å². The second-order valence-electron chi connectivity index (χ2n) is 5.87. The van der Waals surface area contributed by atoms with Gasteiger partial charge < -0.3 is 4.42 Å². The molecule has 0 saturated carbocycles. The minimum Gasteiger partial charge on any atom is -0.420 e. The highest BCUT2D eigenvalue weighted by atomic mass is 16.4. The molecule has 0 aliphatic carbocycles. The molecule has 3 aromatic heterocycles. The number of aromatic nitrogens is 6. The van der Waals surface area contributed by atoms with Gasteiger partial charge in [-0.15, -0.1) is 0 Å². The average molecular weight is 337 g/mol. The van der Waals surface area contributed by atoms with Gasteiger partial charge in [-0.3, -0.25) is 0 Å². The molecule has 0 atom stereocenters. The molecule has 0 fully saturated rings. The summed E-state index contributed by atoms with van der Waals surface area (Å²) in [4.78, 5) is 13.9. The van der Waals surface area contributed by atoms with Crippen LogP contribution in [0.1, 0.15) is 18.3 Å². The molecular formula is C17H17N6O2+. The maximum Gasteiger partial charge on any atom is 0.379 e. The Hall–Kier alpha value is -3.29. The van der Waals surface area contributed by atoms with Gasteiger partial charge in [0.1, 0.15) is 5.58 Å². The summed E-state index contributed by atoms with van der Waals surface area (Å²) in [5, 5.41) is 13.8. The number of aryl methyl sites for hydroxylation is 3. The van der Waals surface area contributed by atoms with E-state index >= 15 is 0 Å². The van der Waals surface area contributed by atoms with Crippen molar-refractivity contribution < 1.29 is 8.98 Å². The van der Waals surface area contributed by atoms with Gasteiger partial charge in [0.25, 0.3) is 6.33 Å². The van der Waals surface area contributed by atoms with E-state index in [-0.39, 0.29) is 0 Å². The van der Waals surface area contributed by atoms with Crippen LogP contribution in [-0.2, 0) is 13.5 Å². The second-order valence-corrected chi connectivity index (χ2v) is 5.87. The zero-order valence-electron chi connectivity index (χ0n) is 14.2. The first-order valence-electron chi connectivity index (χ1n) is 7.96. The van der Waals surface area contributed by atoms with Crippen molar-refractivity contribution in [2.24, 2.45) is 7.05 Å². The van der Waals surface area contributed by atoms with Crippen LogP contribution < -0.4 is 10.2 Å². The second kappa shape index (κ2) is 5.66. The average Bonchev–Trinajstić information content (AvgIpc) is 3.19. The molecule has 0 aliphatic rings. The monoisotopic (exact) mass is 337 g/mol. The van der Waals surface area contributed by atoms with E-state index in [2.05, 4.69) is 15.3 Å². The van der Waals surface area contributed by atoms with Crippen molar-refractivity contribution in [1.29, 1.82) is 0 Å². The number of fused-ring (bicyclic) bond motifs is 1. The number of nitrogens with zero attached hydrogens (tertiary/aromatic N) is 6. The fourth-order valence-electron chi connectivity index (χ4n) is 2.72. The number of benzene rings is 1. The lowest BCUT2D eigenvalue weighted by Crippen LogP contribution is -2.24. The molecular weight excluding hydrogens is 320 g/mol. The normalized spacial score (nSPS) is 11.3. The quantitative estimate of drug-likeness (QED) is 0.415. The van der Waals surface area contributed by atoms with Gasteiger partial charge in [0, 0.05) is 16.6 Å².